The standard InChI is InChI=1S/2C4H6O2.C3H6N6/c2*1-3(2)4(5)6;4-1-7-2(5)9-3(6)8-1/h2*1H2,2H3,(H,5,6);(H6,4,5,6,7,8,9). The van der Waals surface area contributed by atoms with E-state index in [2.05, 4.69) is 28.1 Å². The van der Waals surface area contributed by atoms with Crippen LogP contribution in [0.2, 0.25) is 0 Å². The summed E-state index contributed by atoms with van der Waals surface area (Å²) in [4.78, 5) is 29.7. The number of carboxylic acid groups (broad SMARTS) is 2. The summed E-state index contributed by atoms with van der Waals surface area (Å²) >= 11 is 0. The molecule has 1 rings (SSSR count). The molecule has 116 valence electrons. The van der Waals surface area contributed by atoms with Crippen LogP contribution in [0.4, 0.5) is 17.8 Å². The van der Waals surface area contributed by atoms with Crippen molar-refractivity contribution in [2.75, 3.05) is 17.2 Å². The number of hydrogen-bond donors (Lipinski definition) is 5. The highest BCUT2D eigenvalue weighted by Gasteiger charge is 1.94. The zero-order valence-electron chi connectivity index (χ0n) is 11.7. The van der Waals surface area contributed by atoms with Gasteiger partial charge in [0.25, 0.3) is 0 Å². The molecule has 10 heteroatoms. The molecule has 8 N–H and O–H groups in total. The summed E-state index contributed by atoms with van der Waals surface area (Å²) in [6.07, 6.45) is 0. The van der Waals surface area contributed by atoms with Crippen LogP contribution in [0.1, 0.15) is 13.8 Å². The van der Waals surface area contributed by atoms with Gasteiger partial charge in [-0.25, -0.2) is 9.59 Å². The average molecular weight is 298 g/mol. The summed E-state index contributed by atoms with van der Waals surface area (Å²) in [5.74, 6) is -1.75. The molecule has 0 spiro atoms. The Hall–Kier alpha value is -3.17. The number of rotatable bonds is 2. The van der Waals surface area contributed by atoms with Crippen LogP contribution in [0.25, 0.3) is 0 Å². The van der Waals surface area contributed by atoms with Crippen LogP contribution in [0.5, 0.6) is 0 Å². The lowest BCUT2D eigenvalue weighted by Gasteiger charge is -1.93. The molecule has 0 amide bonds. The summed E-state index contributed by atoms with van der Waals surface area (Å²) in [7, 11) is 0. The molecule has 1 aromatic heterocycles. The van der Waals surface area contributed by atoms with E-state index in [4.69, 9.17) is 27.4 Å². The molecule has 0 radical (unpaired) electrons. The molecular weight excluding hydrogens is 280 g/mol. The zero-order chi connectivity index (χ0) is 17.2. The van der Waals surface area contributed by atoms with E-state index in [0.29, 0.717) is 0 Å². The summed E-state index contributed by atoms with van der Waals surface area (Å²) in [5, 5.41) is 15.8. The van der Waals surface area contributed by atoms with Crippen LogP contribution < -0.4 is 17.2 Å². The second kappa shape index (κ2) is 9.72. The van der Waals surface area contributed by atoms with Gasteiger partial charge in [-0.15, -0.1) is 0 Å². The quantitative estimate of drug-likeness (QED) is 0.461. The van der Waals surface area contributed by atoms with Crippen molar-refractivity contribution in [1.29, 1.82) is 0 Å². The third-order valence-corrected chi connectivity index (χ3v) is 1.42. The molecule has 0 bridgehead atoms. The van der Waals surface area contributed by atoms with E-state index in [1.165, 1.54) is 13.8 Å². The van der Waals surface area contributed by atoms with E-state index in [1.54, 1.807) is 0 Å². The summed E-state index contributed by atoms with van der Waals surface area (Å²) in [5.41, 5.74) is 15.8. The van der Waals surface area contributed by atoms with E-state index in [0.717, 1.165) is 0 Å². The lowest BCUT2D eigenvalue weighted by Crippen LogP contribution is -2.05. The number of hydrogen-bond acceptors (Lipinski definition) is 8. The number of carboxylic acids is 2. The predicted octanol–water partition coefficient (Wildman–Crippen LogP) is -0.0876. The number of nitrogens with zero attached hydrogens (tertiary/aromatic N) is 3. The normalized spacial score (nSPS) is 8.29. The zero-order valence-corrected chi connectivity index (χ0v) is 11.7. The van der Waals surface area contributed by atoms with E-state index < -0.39 is 11.9 Å². The first-order valence-electron chi connectivity index (χ1n) is 5.27. The molecule has 1 heterocycles. The van der Waals surface area contributed by atoms with Crippen molar-refractivity contribution >= 4 is 29.8 Å². The molecule has 0 aliphatic rings. The maximum absolute atomic E-state index is 9.60. The third kappa shape index (κ3) is 13.1. The first-order chi connectivity index (χ1) is 9.47. The molecule has 0 aliphatic heterocycles. The Balaban J connectivity index is 0. The fourth-order valence-corrected chi connectivity index (χ4v) is 0.427. The molecule has 0 atom stereocenters. The second-order valence-corrected chi connectivity index (χ2v) is 3.58. The molecule has 0 aliphatic carbocycles. The number of aromatic nitrogens is 3. The number of carbonyl (C=O) groups is 2. The van der Waals surface area contributed by atoms with Crippen LogP contribution in [0, 0.1) is 0 Å². The maximum atomic E-state index is 9.60. The fraction of sp³-hybridized carbons (Fsp3) is 0.182. The Kier molecular flexibility index (Phi) is 9.33. The second-order valence-electron chi connectivity index (χ2n) is 3.58. The maximum Gasteiger partial charge on any atom is 0.330 e. The SMILES string of the molecule is C=C(C)C(=O)O.C=C(C)C(=O)O.Nc1nc(N)nc(N)n1. The van der Waals surface area contributed by atoms with Gasteiger partial charge in [-0.3, -0.25) is 0 Å². The van der Waals surface area contributed by atoms with Crippen molar-refractivity contribution in [3.05, 3.63) is 24.3 Å². The topological polar surface area (TPSA) is 191 Å². The van der Waals surface area contributed by atoms with Gasteiger partial charge < -0.3 is 27.4 Å². The Morgan fingerprint density at radius 1 is 0.810 bits per heavy atom. The molecule has 21 heavy (non-hydrogen) atoms. The van der Waals surface area contributed by atoms with Crippen molar-refractivity contribution in [2.45, 2.75) is 13.8 Å². The summed E-state index contributed by atoms with van der Waals surface area (Å²) < 4.78 is 0. The fourth-order valence-electron chi connectivity index (χ4n) is 0.427. The molecular formula is C11H18N6O4. The van der Waals surface area contributed by atoms with Crippen LogP contribution in [-0.2, 0) is 9.59 Å². The number of nitrogens with two attached hydrogens (primary N) is 3. The van der Waals surface area contributed by atoms with Crippen LogP contribution in [-0.4, -0.2) is 37.1 Å². The van der Waals surface area contributed by atoms with Crippen molar-refractivity contribution in [2.24, 2.45) is 0 Å². The molecule has 0 saturated carbocycles. The van der Waals surface area contributed by atoms with E-state index in [9.17, 15) is 9.59 Å². The molecule has 1 aromatic rings. The molecule has 0 aromatic carbocycles. The Labute approximate surface area is 121 Å². The minimum atomic E-state index is -0.935. The van der Waals surface area contributed by atoms with Gasteiger partial charge >= 0.3 is 11.9 Å². The van der Waals surface area contributed by atoms with E-state index in [-0.39, 0.29) is 29.0 Å². The summed E-state index contributed by atoms with van der Waals surface area (Å²) in [6.45, 7) is 9.20. The molecule has 10 nitrogen and oxygen atoms in total. The van der Waals surface area contributed by atoms with Crippen LogP contribution in [0.3, 0.4) is 0 Å². The Morgan fingerprint density at radius 3 is 1.05 bits per heavy atom. The van der Waals surface area contributed by atoms with Gasteiger partial charge in [0.05, 0.1) is 0 Å². The third-order valence-electron chi connectivity index (χ3n) is 1.42. The molecule has 0 saturated heterocycles. The Morgan fingerprint density at radius 2 is 0.952 bits per heavy atom. The van der Waals surface area contributed by atoms with Gasteiger partial charge in [0, 0.05) is 11.1 Å². The molecule has 0 fully saturated rings. The van der Waals surface area contributed by atoms with Gasteiger partial charge in [0.2, 0.25) is 17.8 Å². The van der Waals surface area contributed by atoms with Crippen LogP contribution >= 0.6 is 0 Å². The van der Waals surface area contributed by atoms with Gasteiger partial charge in [-0.1, -0.05) is 13.2 Å². The smallest absolute Gasteiger partial charge is 0.330 e. The largest absolute Gasteiger partial charge is 0.478 e. The first-order valence-corrected chi connectivity index (χ1v) is 5.27. The van der Waals surface area contributed by atoms with E-state index >= 15 is 0 Å². The van der Waals surface area contributed by atoms with Crippen molar-refractivity contribution in [1.82, 2.24) is 15.0 Å². The van der Waals surface area contributed by atoms with Gasteiger partial charge in [0.1, 0.15) is 0 Å². The van der Waals surface area contributed by atoms with Crippen molar-refractivity contribution < 1.29 is 19.8 Å². The monoisotopic (exact) mass is 298 g/mol. The first kappa shape index (κ1) is 20.2. The highest BCUT2D eigenvalue weighted by atomic mass is 16.4. The van der Waals surface area contributed by atoms with Crippen LogP contribution in [0.15, 0.2) is 24.3 Å². The Bertz CT molecular complexity index is 445. The van der Waals surface area contributed by atoms with Crippen molar-refractivity contribution in [3.8, 4) is 0 Å². The minimum Gasteiger partial charge on any atom is -0.478 e. The predicted molar refractivity (Wildman–Crippen MR) is 78.0 cm³/mol. The van der Waals surface area contributed by atoms with Gasteiger partial charge in [-0.05, 0) is 13.8 Å². The number of aliphatic carboxylic acids is 2. The summed E-state index contributed by atoms with van der Waals surface area (Å²) in [6, 6.07) is 0. The lowest BCUT2D eigenvalue weighted by atomic mass is 10.4. The highest BCUT2D eigenvalue weighted by molar-refractivity contribution is 5.85. The number of anilines is 3. The minimum absolute atomic E-state index is 0.0417. The highest BCUT2D eigenvalue weighted by Crippen LogP contribution is 1.97. The lowest BCUT2D eigenvalue weighted by molar-refractivity contribution is -0.133. The van der Waals surface area contributed by atoms with Crippen molar-refractivity contribution in [3.63, 3.8) is 0 Å². The van der Waals surface area contributed by atoms with E-state index in [1.807, 2.05) is 0 Å². The van der Waals surface area contributed by atoms with Gasteiger partial charge in [0.15, 0.2) is 0 Å². The molecule has 0 unspecified atom stereocenters. The average Bonchev–Trinajstić information content (AvgIpc) is 2.27. The van der Waals surface area contributed by atoms with Gasteiger partial charge in [-0.2, -0.15) is 15.0 Å². The number of nitrogen functional groups attached to an aromatic ring is 3.